The van der Waals surface area contributed by atoms with Crippen molar-refractivity contribution in [2.75, 3.05) is 13.1 Å². The number of carbonyl (C=O) groups excluding carboxylic acids is 1. The summed E-state index contributed by atoms with van der Waals surface area (Å²) in [5.74, 6) is 1.27. The Morgan fingerprint density at radius 2 is 2.00 bits per heavy atom. The Labute approximate surface area is 150 Å². The molecular weight excluding hydrogens is 372 g/mol. The van der Waals surface area contributed by atoms with Crippen LogP contribution in [0.1, 0.15) is 51.0 Å². The predicted molar refractivity (Wildman–Crippen MR) is 96.1 cm³/mol. The van der Waals surface area contributed by atoms with Gasteiger partial charge in [-0.15, -0.1) is 0 Å². The average molecular weight is 395 g/mol. The van der Waals surface area contributed by atoms with Crippen molar-refractivity contribution < 1.29 is 9.53 Å². The highest BCUT2D eigenvalue weighted by molar-refractivity contribution is 9.10. The number of hydrogen-bond donors (Lipinski definition) is 1. The van der Waals surface area contributed by atoms with E-state index < -0.39 is 5.60 Å². The maximum Gasteiger partial charge on any atom is 0.410 e. The number of fused-ring (bicyclic) bond motifs is 1. The average Bonchev–Trinajstić information content (AvgIpc) is 2.89. The number of aromatic nitrogens is 3. The largest absolute Gasteiger partial charge is 0.444 e. The standard InChI is InChI=1S/C17H23BrN4O2/c1-10-12(18)9-13-15(19-10)21-14(20-13)11-5-7-22(8-6-11)16(23)24-17(2,3)4/h9,11H,5-8H2,1-4H3,(H,19,20,21). The fraction of sp³-hybridized carbons (Fsp3) is 0.588. The minimum absolute atomic E-state index is 0.230. The summed E-state index contributed by atoms with van der Waals surface area (Å²) in [5.41, 5.74) is 2.17. The third-order valence-corrected chi connectivity index (χ3v) is 4.96. The number of nitrogens with one attached hydrogen (secondary N) is 1. The van der Waals surface area contributed by atoms with E-state index in [0.29, 0.717) is 19.0 Å². The zero-order valence-corrected chi connectivity index (χ0v) is 16.1. The van der Waals surface area contributed by atoms with Crippen LogP contribution in [0.15, 0.2) is 10.5 Å². The molecule has 3 rings (SSSR count). The van der Waals surface area contributed by atoms with Crippen LogP contribution in [0.4, 0.5) is 4.79 Å². The third-order valence-electron chi connectivity index (χ3n) is 4.15. The number of ether oxygens (including phenoxy) is 1. The van der Waals surface area contributed by atoms with E-state index in [-0.39, 0.29) is 6.09 Å². The van der Waals surface area contributed by atoms with E-state index in [1.165, 1.54) is 0 Å². The molecule has 0 unspecified atom stereocenters. The quantitative estimate of drug-likeness (QED) is 0.788. The van der Waals surface area contributed by atoms with Gasteiger partial charge in [-0.05, 0) is 62.5 Å². The highest BCUT2D eigenvalue weighted by Gasteiger charge is 2.28. The molecule has 0 aromatic carbocycles. The molecule has 1 N–H and O–H groups in total. The number of pyridine rings is 1. The van der Waals surface area contributed by atoms with Gasteiger partial charge in [0.1, 0.15) is 11.4 Å². The predicted octanol–water partition coefficient (Wildman–Crippen LogP) is 4.14. The van der Waals surface area contributed by atoms with Crippen molar-refractivity contribution in [2.24, 2.45) is 0 Å². The first-order valence-electron chi connectivity index (χ1n) is 8.23. The minimum Gasteiger partial charge on any atom is -0.444 e. The molecule has 1 fully saturated rings. The van der Waals surface area contributed by atoms with Crippen molar-refractivity contribution in [3.63, 3.8) is 0 Å². The van der Waals surface area contributed by atoms with Gasteiger partial charge in [0.15, 0.2) is 5.65 Å². The van der Waals surface area contributed by atoms with Crippen molar-refractivity contribution in [2.45, 2.75) is 52.1 Å². The molecule has 7 heteroatoms. The Morgan fingerprint density at radius 1 is 1.33 bits per heavy atom. The van der Waals surface area contributed by atoms with E-state index in [0.717, 1.165) is 40.0 Å². The molecule has 130 valence electrons. The number of halogens is 1. The van der Waals surface area contributed by atoms with Crippen LogP contribution in [-0.2, 0) is 4.74 Å². The van der Waals surface area contributed by atoms with Crippen LogP contribution in [0.3, 0.4) is 0 Å². The second-order valence-corrected chi connectivity index (χ2v) is 8.14. The Bertz CT molecular complexity index is 719. The van der Waals surface area contributed by atoms with Crippen LogP contribution in [0.5, 0.6) is 0 Å². The van der Waals surface area contributed by atoms with E-state index >= 15 is 0 Å². The van der Waals surface area contributed by atoms with Gasteiger partial charge in [0, 0.05) is 23.5 Å². The van der Waals surface area contributed by atoms with Crippen molar-refractivity contribution in [3.8, 4) is 0 Å². The van der Waals surface area contributed by atoms with Gasteiger partial charge in [-0.3, -0.25) is 0 Å². The number of amides is 1. The number of aromatic amines is 1. The van der Waals surface area contributed by atoms with Gasteiger partial charge < -0.3 is 14.6 Å². The number of carbonyl (C=O) groups is 1. The molecule has 2 aromatic heterocycles. The Kier molecular flexibility index (Phi) is 4.55. The zero-order chi connectivity index (χ0) is 17.5. The molecule has 0 atom stereocenters. The molecule has 24 heavy (non-hydrogen) atoms. The lowest BCUT2D eigenvalue weighted by Crippen LogP contribution is -2.41. The van der Waals surface area contributed by atoms with E-state index in [1.807, 2.05) is 33.8 Å². The topological polar surface area (TPSA) is 71.1 Å². The van der Waals surface area contributed by atoms with Crippen LogP contribution >= 0.6 is 15.9 Å². The first-order valence-corrected chi connectivity index (χ1v) is 9.03. The van der Waals surface area contributed by atoms with Crippen molar-refractivity contribution in [1.82, 2.24) is 19.9 Å². The molecule has 0 aliphatic carbocycles. The second kappa shape index (κ2) is 6.35. The molecule has 1 amide bonds. The van der Waals surface area contributed by atoms with Crippen LogP contribution in [0.2, 0.25) is 0 Å². The first kappa shape index (κ1) is 17.2. The fourth-order valence-corrected chi connectivity index (χ4v) is 3.20. The second-order valence-electron chi connectivity index (χ2n) is 7.29. The van der Waals surface area contributed by atoms with E-state index in [9.17, 15) is 4.79 Å². The summed E-state index contributed by atoms with van der Waals surface area (Å²) in [4.78, 5) is 26.4. The molecule has 2 aromatic rings. The molecule has 0 saturated carbocycles. The van der Waals surface area contributed by atoms with Crippen LogP contribution in [-0.4, -0.2) is 44.6 Å². The normalized spacial score (nSPS) is 16.6. The van der Waals surface area contributed by atoms with Crippen molar-refractivity contribution in [1.29, 1.82) is 0 Å². The van der Waals surface area contributed by atoms with Crippen LogP contribution < -0.4 is 0 Å². The number of nitrogens with zero attached hydrogens (tertiary/aromatic N) is 3. The van der Waals surface area contributed by atoms with Crippen molar-refractivity contribution in [3.05, 3.63) is 22.1 Å². The summed E-state index contributed by atoms with van der Waals surface area (Å²) in [5, 5.41) is 0. The van der Waals surface area contributed by atoms with E-state index in [1.54, 1.807) is 4.90 Å². The number of hydrogen-bond acceptors (Lipinski definition) is 4. The summed E-state index contributed by atoms with van der Waals surface area (Å²) in [6, 6.07) is 2.02. The lowest BCUT2D eigenvalue weighted by Gasteiger charge is -2.32. The lowest BCUT2D eigenvalue weighted by atomic mass is 9.96. The smallest absolute Gasteiger partial charge is 0.410 e. The zero-order valence-electron chi connectivity index (χ0n) is 14.5. The maximum absolute atomic E-state index is 12.1. The van der Waals surface area contributed by atoms with Crippen LogP contribution in [0, 0.1) is 6.92 Å². The summed E-state index contributed by atoms with van der Waals surface area (Å²) in [6.45, 7) is 8.99. The molecule has 0 spiro atoms. The molecule has 0 radical (unpaired) electrons. The summed E-state index contributed by atoms with van der Waals surface area (Å²) >= 11 is 3.50. The highest BCUT2D eigenvalue weighted by Crippen LogP contribution is 2.29. The number of likely N-dealkylation sites (tertiary alicyclic amines) is 1. The monoisotopic (exact) mass is 394 g/mol. The van der Waals surface area contributed by atoms with Gasteiger partial charge in [0.25, 0.3) is 0 Å². The molecule has 1 aliphatic rings. The number of aryl methyl sites for hydroxylation is 1. The van der Waals surface area contributed by atoms with Gasteiger partial charge in [0.05, 0.1) is 11.2 Å². The number of H-pyrrole nitrogens is 1. The number of piperidine rings is 1. The molecule has 3 heterocycles. The Balaban J connectivity index is 1.67. The van der Waals surface area contributed by atoms with Crippen LogP contribution in [0.25, 0.3) is 11.2 Å². The van der Waals surface area contributed by atoms with Crippen molar-refractivity contribution >= 4 is 33.2 Å². The van der Waals surface area contributed by atoms with Gasteiger partial charge in [0.2, 0.25) is 0 Å². The van der Waals surface area contributed by atoms with Gasteiger partial charge in [-0.25, -0.2) is 14.8 Å². The highest BCUT2D eigenvalue weighted by atomic mass is 79.9. The number of rotatable bonds is 1. The lowest BCUT2D eigenvalue weighted by molar-refractivity contribution is 0.0203. The first-order chi connectivity index (χ1) is 11.2. The number of imidazole rings is 1. The molecule has 0 bridgehead atoms. The maximum atomic E-state index is 12.1. The van der Waals surface area contributed by atoms with E-state index in [2.05, 4.69) is 30.9 Å². The molecule has 1 aliphatic heterocycles. The SMILES string of the molecule is Cc1nc2nc(C3CCN(C(=O)OC(C)(C)C)CC3)[nH]c2cc1Br. The molecular formula is C17H23BrN4O2. The fourth-order valence-electron chi connectivity index (χ4n) is 2.88. The van der Waals surface area contributed by atoms with Gasteiger partial charge in [-0.2, -0.15) is 0 Å². The summed E-state index contributed by atoms with van der Waals surface area (Å²) < 4.78 is 6.42. The molecule has 1 saturated heterocycles. The minimum atomic E-state index is -0.455. The Morgan fingerprint density at radius 3 is 2.62 bits per heavy atom. The third kappa shape index (κ3) is 3.71. The molecule has 6 nitrogen and oxygen atoms in total. The summed E-state index contributed by atoms with van der Waals surface area (Å²) in [6.07, 6.45) is 1.52. The van der Waals surface area contributed by atoms with E-state index in [4.69, 9.17) is 4.74 Å². The summed E-state index contributed by atoms with van der Waals surface area (Å²) in [7, 11) is 0. The Hall–Kier alpha value is -1.63. The van der Waals surface area contributed by atoms with Gasteiger partial charge >= 0.3 is 6.09 Å². The van der Waals surface area contributed by atoms with Gasteiger partial charge in [-0.1, -0.05) is 0 Å².